The Bertz CT molecular complexity index is 454. The third kappa shape index (κ3) is 2.61. The van der Waals surface area contributed by atoms with Gasteiger partial charge < -0.3 is 15.3 Å². The number of halogens is 1. The van der Waals surface area contributed by atoms with Crippen LogP contribution in [0, 0.1) is 5.82 Å². The Morgan fingerprint density at radius 2 is 2.28 bits per heavy atom. The molecule has 98 valence electrons. The average molecular weight is 252 g/mol. The van der Waals surface area contributed by atoms with Crippen molar-refractivity contribution >= 4 is 11.7 Å². The van der Waals surface area contributed by atoms with E-state index in [0.717, 1.165) is 13.0 Å². The second-order valence-corrected chi connectivity index (χ2v) is 4.87. The van der Waals surface area contributed by atoms with Crippen molar-refractivity contribution in [3.63, 3.8) is 0 Å². The molecule has 1 aliphatic heterocycles. The van der Waals surface area contributed by atoms with E-state index in [4.69, 9.17) is 5.11 Å². The molecule has 2 atom stereocenters. The summed E-state index contributed by atoms with van der Waals surface area (Å²) >= 11 is 0. The summed E-state index contributed by atoms with van der Waals surface area (Å²) in [5.74, 6) is -1.95. The maximum atomic E-state index is 13.2. The highest BCUT2D eigenvalue weighted by Gasteiger charge is 2.26. The molecule has 2 N–H and O–H groups in total. The van der Waals surface area contributed by atoms with Gasteiger partial charge in [-0.1, -0.05) is 0 Å². The number of nitrogens with one attached hydrogen (secondary N) is 1. The molecule has 1 heterocycles. The zero-order valence-corrected chi connectivity index (χ0v) is 10.5. The number of carboxylic acids is 1. The van der Waals surface area contributed by atoms with E-state index in [1.54, 1.807) is 6.07 Å². The van der Waals surface area contributed by atoms with Crippen molar-refractivity contribution in [3.8, 4) is 0 Å². The third-order valence-electron chi connectivity index (χ3n) is 3.45. The van der Waals surface area contributed by atoms with Crippen LogP contribution in [0.3, 0.4) is 0 Å². The number of carbonyl (C=O) groups is 1. The van der Waals surface area contributed by atoms with Crippen molar-refractivity contribution in [2.75, 3.05) is 18.9 Å². The zero-order chi connectivity index (χ0) is 13.3. The topological polar surface area (TPSA) is 52.6 Å². The van der Waals surface area contributed by atoms with Crippen molar-refractivity contribution in [3.05, 3.63) is 29.6 Å². The Morgan fingerprint density at radius 1 is 1.56 bits per heavy atom. The number of likely N-dealkylation sites (tertiary alicyclic amines) is 1. The molecule has 1 aromatic carbocycles. The molecule has 18 heavy (non-hydrogen) atoms. The Hall–Kier alpha value is -1.62. The molecule has 0 saturated carbocycles. The van der Waals surface area contributed by atoms with E-state index in [2.05, 4.69) is 24.2 Å². The van der Waals surface area contributed by atoms with Gasteiger partial charge in [0.2, 0.25) is 0 Å². The molecule has 5 heteroatoms. The summed E-state index contributed by atoms with van der Waals surface area (Å²) in [4.78, 5) is 13.1. The van der Waals surface area contributed by atoms with Crippen molar-refractivity contribution in [1.82, 2.24) is 4.90 Å². The molecule has 0 radical (unpaired) electrons. The fourth-order valence-corrected chi connectivity index (χ4v) is 2.31. The van der Waals surface area contributed by atoms with Crippen LogP contribution in [0.25, 0.3) is 0 Å². The van der Waals surface area contributed by atoms with Crippen molar-refractivity contribution in [2.24, 2.45) is 0 Å². The highest BCUT2D eigenvalue weighted by molar-refractivity contribution is 5.89. The lowest BCUT2D eigenvalue weighted by Crippen LogP contribution is -2.25. The van der Waals surface area contributed by atoms with Crippen LogP contribution in [0.4, 0.5) is 10.1 Å². The Labute approximate surface area is 105 Å². The molecule has 0 aromatic heterocycles. The number of hydrogen-bond acceptors (Lipinski definition) is 3. The second kappa shape index (κ2) is 4.94. The quantitative estimate of drug-likeness (QED) is 0.864. The van der Waals surface area contributed by atoms with Gasteiger partial charge in [-0.2, -0.15) is 0 Å². The van der Waals surface area contributed by atoms with Gasteiger partial charge in [-0.15, -0.1) is 0 Å². The first kappa shape index (κ1) is 12.8. The van der Waals surface area contributed by atoms with Gasteiger partial charge in [0.15, 0.2) is 0 Å². The summed E-state index contributed by atoms with van der Waals surface area (Å²) in [5, 5.41) is 12.1. The molecular formula is C13H17FN2O2. The van der Waals surface area contributed by atoms with Crippen LogP contribution in [0.1, 0.15) is 23.7 Å². The molecule has 0 spiro atoms. The minimum atomic E-state index is -1.24. The smallest absolute Gasteiger partial charge is 0.338 e. The highest BCUT2D eigenvalue weighted by atomic mass is 19.1. The van der Waals surface area contributed by atoms with Gasteiger partial charge in [0.1, 0.15) is 5.82 Å². The maximum Gasteiger partial charge on any atom is 0.338 e. The summed E-state index contributed by atoms with van der Waals surface area (Å²) in [6.45, 7) is 3.05. The number of hydrogen-bond donors (Lipinski definition) is 2. The molecular weight excluding hydrogens is 235 g/mol. The molecule has 0 amide bonds. The second-order valence-electron chi connectivity index (χ2n) is 4.87. The van der Waals surface area contributed by atoms with Crippen LogP contribution in [0.2, 0.25) is 0 Å². The lowest BCUT2D eigenvalue weighted by Gasteiger charge is -2.14. The van der Waals surface area contributed by atoms with E-state index >= 15 is 0 Å². The predicted molar refractivity (Wildman–Crippen MR) is 67.5 cm³/mol. The fraction of sp³-hybridized carbons (Fsp3) is 0.462. The van der Waals surface area contributed by atoms with Gasteiger partial charge >= 0.3 is 5.97 Å². The van der Waals surface area contributed by atoms with Gasteiger partial charge in [-0.25, -0.2) is 9.18 Å². The SMILES string of the molecule is CC1CC(Nc2ccc(F)c(C(=O)O)c2)CN1C. The number of carboxylic acid groups (broad SMARTS) is 1. The number of nitrogens with zero attached hydrogens (tertiary/aromatic N) is 1. The molecule has 1 aliphatic rings. The third-order valence-corrected chi connectivity index (χ3v) is 3.45. The monoisotopic (exact) mass is 252 g/mol. The van der Waals surface area contributed by atoms with Gasteiger partial charge in [0, 0.05) is 24.3 Å². The summed E-state index contributed by atoms with van der Waals surface area (Å²) in [6.07, 6.45) is 0.996. The summed E-state index contributed by atoms with van der Waals surface area (Å²) in [7, 11) is 2.06. The molecule has 1 saturated heterocycles. The lowest BCUT2D eigenvalue weighted by molar-refractivity contribution is 0.0692. The van der Waals surface area contributed by atoms with E-state index in [-0.39, 0.29) is 11.6 Å². The van der Waals surface area contributed by atoms with E-state index in [9.17, 15) is 9.18 Å². The Balaban J connectivity index is 2.11. The fourth-order valence-electron chi connectivity index (χ4n) is 2.31. The summed E-state index contributed by atoms with van der Waals surface area (Å²) in [5.41, 5.74) is 0.362. The van der Waals surface area contributed by atoms with Crippen LogP contribution in [0.5, 0.6) is 0 Å². The van der Waals surface area contributed by atoms with E-state index in [1.165, 1.54) is 12.1 Å². The minimum Gasteiger partial charge on any atom is -0.478 e. The summed E-state index contributed by atoms with van der Waals surface area (Å²) in [6, 6.07) is 4.89. The molecule has 2 rings (SSSR count). The number of rotatable bonds is 3. The predicted octanol–water partition coefficient (Wildman–Crippen LogP) is 2.03. The molecule has 2 unspecified atom stereocenters. The first-order valence-corrected chi connectivity index (χ1v) is 5.97. The standard InChI is InChI=1S/C13H17FN2O2/c1-8-5-10(7-16(8)2)15-9-3-4-12(14)11(6-9)13(17)18/h3-4,6,8,10,15H,5,7H2,1-2H3,(H,17,18). The van der Waals surface area contributed by atoms with Crippen LogP contribution >= 0.6 is 0 Å². The van der Waals surface area contributed by atoms with Crippen molar-refractivity contribution in [2.45, 2.75) is 25.4 Å². The first-order valence-electron chi connectivity index (χ1n) is 5.97. The van der Waals surface area contributed by atoms with Gasteiger partial charge in [-0.05, 0) is 38.6 Å². The van der Waals surface area contributed by atoms with Crippen molar-refractivity contribution < 1.29 is 14.3 Å². The van der Waals surface area contributed by atoms with Crippen LogP contribution in [0.15, 0.2) is 18.2 Å². The molecule has 4 nitrogen and oxygen atoms in total. The number of likely N-dealkylation sites (N-methyl/N-ethyl adjacent to an activating group) is 1. The summed E-state index contributed by atoms with van der Waals surface area (Å²) < 4.78 is 13.2. The highest BCUT2D eigenvalue weighted by Crippen LogP contribution is 2.21. The molecule has 1 fully saturated rings. The molecule has 1 aromatic rings. The van der Waals surface area contributed by atoms with E-state index in [1.807, 2.05) is 0 Å². The molecule has 0 aliphatic carbocycles. The number of benzene rings is 1. The van der Waals surface area contributed by atoms with E-state index in [0.29, 0.717) is 11.7 Å². The van der Waals surface area contributed by atoms with Crippen LogP contribution < -0.4 is 5.32 Å². The largest absolute Gasteiger partial charge is 0.478 e. The Morgan fingerprint density at radius 3 is 2.83 bits per heavy atom. The Kier molecular flexibility index (Phi) is 3.52. The normalized spacial score (nSPS) is 24.2. The lowest BCUT2D eigenvalue weighted by atomic mass is 10.1. The van der Waals surface area contributed by atoms with Gasteiger partial charge in [0.25, 0.3) is 0 Å². The van der Waals surface area contributed by atoms with Crippen molar-refractivity contribution in [1.29, 1.82) is 0 Å². The maximum absolute atomic E-state index is 13.2. The van der Waals surface area contributed by atoms with Gasteiger partial charge in [-0.3, -0.25) is 0 Å². The first-order chi connectivity index (χ1) is 8.47. The minimum absolute atomic E-state index is 0.275. The number of aromatic carboxylic acids is 1. The average Bonchev–Trinajstić information content (AvgIpc) is 2.60. The zero-order valence-electron chi connectivity index (χ0n) is 10.5. The number of anilines is 1. The van der Waals surface area contributed by atoms with Gasteiger partial charge in [0.05, 0.1) is 5.56 Å². The van der Waals surface area contributed by atoms with E-state index < -0.39 is 11.8 Å². The van der Waals surface area contributed by atoms with Crippen LogP contribution in [-0.2, 0) is 0 Å². The molecule has 0 bridgehead atoms. The van der Waals surface area contributed by atoms with Crippen LogP contribution in [-0.4, -0.2) is 41.7 Å².